The highest BCUT2D eigenvalue weighted by Gasteiger charge is 2.24. The van der Waals surface area contributed by atoms with Crippen LogP contribution in [0.2, 0.25) is 0 Å². The molecule has 0 unspecified atom stereocenters. The number of thioether (sulfide) groups is 4. The summed E-state index contributed by atoms with van der Waals surface area (Å²) in [5, 5.41) is 4.71. The quantitative estimate of drug-likeness (QED) is 0.633. The number of fused-ring (bicyclic) bond motifs is 2. The van der Waals surface area contributed by atoms with Crippen LogP contribution >= 0.6 is 69.7 Å². The van der Waals surface area contributed by atoms with Crippen molar-refractivity contribution in [2.24, 2.45) is 0 Å². The Morgan fingerprint density at radius 2 is 1.06 bits per heavy atom. The number of hydrogen-bond donors (Lipinski definition) is 0. The van der Waals surface area contributed by atoms with E-state index < -0.39 is 0 Å². The van der Waals surface area contributed by atoms with Crippen molar-refractivity contribution in [1.29, 1.82) is 0 Å². The molecule has 0 spiro atoms. The summed E-state index contributed by atoms with van der Waals surface area (Å²) in [6.07, 6.45) is 0. The molecule has 0 amide bonds. The summed E-state index contributed by atoms with van der Waals surface area (Å²) in [6, 6.07) is 0. The second kappa shape index (κ2) is 5.30. The van der Waals surface area contributed by atoms with E-state index >= 15 is 0 Å². The minimum absolute atomic E-state index is 1.26. The zero-order chi connectivity index (χ0) is 11.9. The molecule has 0 aromatic carbocycles. The molecule has 0 fully saturated rings. The van der Waals surface area contributed by atoms with Crippen LogP contribution in [0.25, 0.3) is 9.75 Å². The van der Waals surface area contributed by atoms with Gasteiger partial charge >= 0.3 is 0 Å². The van der Waals surface area contributed by atoms with Gasteiger partial charge in [-0.2, -0.15) is 0 Å². The second-order valence-corrected chi connectivity index (χ2v) is 10.2. The first-order valence-electron chi connectivity index (χ1n) is 5.68. The van der Waals surface area contributed by atoms with Crippen molar-refractivity contribution >= 4 is 69.7 Å². The zero-order valence-electron chi connectivity index (χ0n) is 9.43. The van der Waals surface area contributed by atoms with E-state index in [-0.39, 0.29) is 0 Å². The largest absolute Gasteiger partial charge is 0.140 e. The fourth-order valence-corrected chi connectivity index (χ4v) is 9.97. The van der Waals surface area contributed by atoms with E-state index in [1.54, 1.807) is 9.79 Å². The van der Waals surface area contributed by atoms with E-state index in [1.165, 1.54) is 42.6 Å². The Bertz CT molecular complexity index is 529. The van der Waals surface area contributed by atoms with Crippen LogP contribution in [0.4, 0.5) is 0 Å². The fourth-order valence-electron chi connectivity index (χ4n) is 2.04. The smallest absolute Gasteiger partial charge is 0.0601 e. The molecule has 0 saturated heterocycles. The first kappa shape index (κ1) is 12.5. The average molecular weight is 347 g/mol. The van der Waals surface area contributed by atoms with Crippen molar-refractivity contribution in [2.45, 2.75) is 19.6 Å². The normalized spacial score (nSPS) is 18.4. The van der Waals surface area contributed by atoms with Crippen molar-refractivity contribution in [3.8, 4) is 9.75 Å². The van der Waals surface area contributed by atoms with E-state index in [9.17, 15) is 0 Å². The van der Waals surface area contributed by atoms with Gasteiger partial charge in [0, 0.05) is 53.4 Å². The standard InChI is InChI=1S/C12H10S6/c1-3-15-9-7(13-1)5-17-11(9)12-10-8(6-18-12)14-2-4-16-10/h5-6H,1-4H2. The lowest BCUT2D eigenvalue weighted by Crippen LogP contribution is -1.93. The molecule has 2 aromatic rings. The van der Waals surface area contributed by atoms with Crippen LogP contribution in [0.3, 0.4) is 0 Å². The average Bonchev–Trinajstić information content (AvgIpc) is 3.01. The molecule has 6 heteroatoms. The van der Waals surface area contributed by atoms with Gasteiger partial charge in [-0.05, 0) is 0 Å². The third-order valence-corrected chi connectivity index (χ3v) is 10.6. The molecule has 0 radical (unpaired) electrons. The minimum atomic E-state index is 1.26. The third kappa shape index (κ3) is 2.09. The molecule has 0 bridgehead atoms. The highest BCUT2D eigenvalue weighted by Crippen LogP contribution is 2.53. The molecule has 94 valence electrons. The lowest BCUT2D eigenvalue weighted by atomic mass is 10.4. The van der Waals surface area contributed by atoms with Gasteiger partial charge in [0.05, 0.1) is 9.75 Å². The molecule has 4 rings (SSSR count). The highest BCUT2D eigenvalue weighted by atomic mass is 32.2. The van der Waals surface area contributed by atoms with Crippen LogP contribution in [0.15, 0.2) is 30.3 Å². The van der Waals surface area contributed by atoms with Crippen molar-refractivity contribution in [3.63, 3.8) is 0 Å². The van der Waals surface area contributed by atoms with Crippen LogP contribution < -0.4 is 0 Å². The summed E-state index contributed by atoms with van der Waals surface area (Å²) in [5.41, 5.74) is 0. The predicted octanol–water partition coefficient (Wildman–Crippen LogP) is 5.87. The van der Waals surface area contributed by atoms with Crippen molar-refractivity contribution in [2.75, 3.05) is 23.0 Å². The summed E-state index contributed by atoms with van der Waals surface area (Å²) >= 11 is 12.0. The Hall–Kier alpha value is 0.800. The van der Waals surface area contributed by atoms with Gasteiger partial charge in [0.25, 0.3) is 0 Å². The van der Waals surface area contributed by atoms with E-state index in [0.29, 0.717) is 0 Å². The van der Waals surface area contributed by atoms with Crippen molar-refractivity contribution in [3.05, 3.63) is 10.8 Å². The molecule has 0 N–H and O–H groups in total. The van der Waals surface area contributed by atoms with Crippen LogP contribution in [0.1, 0.15) is 0 Å². The van der Waals surface area contributed by atoms with Crippen LogP contribution in [-0.2, 0) is 0 Å². The highest BCUT2D eigenvalue weighted by molar-refractivity contribution is 8.06. The number of thiophene rings is 2. The summed E-state index contributed by atoms with van der Waals surface area (Å²) in [6.45, 7) is 0. The van der Waals surface area contributed by atoms with E-state index in [1.807, 2.05) is 46.2 Å². The van der Waals surface area contributed by atoms with Gasteiger partial charge in [0.2, 0.25) is 0 Å². The van der Waals surface area contributed by atoms with Gasteiger partial charge in [0.1, 0.15) is 0 Å². The van der Waals surface area contributed by atoms with Gasteiger partial charge in [-0.3, -0.25) is 0 Å². The predicted molar refractivity (Wildman–Crippen MR) is 90.5 cm³/mol. The SMILES string of the molecule is c1sc(-c2scc3c2SCCS3)c2c1SCCS2. The van der Waals surface area contributed by atoms with E-state index in [4.69, 9.17) is 0 Å². The van der Waals surface area contributed by atoms with Gasteiger partial charge in [-0.1, -0.05) is 0 Å². The van der Waals surface area contributed by atoms with Crippen LogP contribution in [0, 0.1) is 0 Å². The maximum Gasteiger partial charge on any atom is 0.0601 e. The molecular weight excluding hydrogens is 337 g/mol. The Balaban J connectivity index is 1.83. The molecule has 18 heavy (non-hydrogen) atoms. The fraction of sp³-hybridized carbons (Fsp3) is 0.333. The Labute approximate surface area is 132 Å². The van der Waals surface area contributed by atoms with E-state index in [2.05, 4.69) is 34.3 Å². The Morgan fingerprint density at radius 3 is 1.56 bits per heavy atom. The third-order valence-electron chi connectivity index (χ3n) is 2.81. The first-order valence-corrected chi connectivity index (χ1v) is 11.4. The lowest BCUT2D eigenvalue weighted by molar-refractivity contribution is 1.26. The van der Waals surface area contributed by atoms with E-state index in [0.717, 1.165) is 0 Å². The molecular formula is C12H10S6. The maximum absolute atomic E-state index is 2.36. The van der Waals surface area contributed by atoms with Gasteiger partial charge in [-0.25, -0.2) is 0 Å². The molecule has 0 atom stereocenters. The monoisotopic (exact) mass is 346 g/mol. The van der Waals surface area contributed by atoms with Crippen molar-refractivity contribution in [1.82, 2.24) is 0 Å². The van der Waals surface area contributed by atoms with Gasteiger partial charge in [-0.15, -0.1) is 69.7 Å². The number of hydrogen-bond acceptors (Lipinski definition) is 6. The molecule has 0 nitrogen and oxygen atoms in total. The molecule has 2 aliphatic rings. The maximum atomic E-state index is 2.36. The molecule has 4 heterocycles. The first-order chi connectivity index (χ1) is 8.93. The summed E-state index contributed by atoms with van der Waals surface area (Å²) < 4.78 is 0. The molecule has 2 aromatic heterocycles. The summed E-state index contributed by atoms with van der Waals surface area (Å²) in [5.74, 6) is 5.05. The lowest BCUT2D eigenvalue weighted by Gasteiger charge is -2.14. The van der Waals surface area contributed by atoms with Crippen LogP contribution in [0.5, 0.6) is 0 Å². The van der Waals surface area contributed by atoms with Gasteiger partial charge in [0.15, 0.2) is 0 Å². The zero-order valence-corrected chi connectivity index (χ0v) is 14.3. The second-order valence-electron chi connectivity index (χ2n) is 3.91. The Kier molecular flexibility index (Phi) is 3.69. The summed E-state index contributed by atoms with van der Waals surface area (Å²) in [7, 11) is 0. The van der Waals surface area contributed by atoms with Crippen LogP contribution in [-0.4, -0.2) is 23.0 Å². The Morgan fingerprint density at radius 1 is 0.611 bits per heavy atom. The van der Waals surface area contributed by atoms with Crippen molar-refractivity contribution < 1.29 is 0 Å². The molecule has 0 saturated carbocycles. The van der Waals surface area contributed by atoms with Gasteiger partial charge < -0.3 is 0 Å². The molecule has 2 aliphatic heterocycles. The number of rotatable bonds is 1. The minimum Gasteiger partial charge on any atom is -0.140 e. The topological polar surface area (TPSA) is 0 Å². The summed E-state index contributed by atoms with van der Waals surface area (Å²) in [4.78, 5) is 9.20. The molecule has 0 aliphatic carbocycles.